The van der Waals surface area contributed by atoms with Crippen molar-refractivity contribution in [1.29, 1.82) is 0 Å². The van der Waals surface area contributed by atoms with E-state index in [0.717, 1.165) is 16.8 Å². The summed E-state index contributed by atoms with van der Waals surface area (Å²) in [4.78, 5) is 14.4. The smallest absolute Gasteiger partial charge is 0.259 e. The third kappa shape index (κ3) is 2.94. The Balaban J connectivity index is 1.82. The van der Waals surface area contributed by atoms with E-state index in [2.05, 4.69) is 19.1 Å². The number of rotatable bonds is 5. The lowest BCUT2D eigenvalue weighted by Crippen LogP contribution is -2.22. The van der Waals surface area contributed by atoms with E-state index >= 15 is 0 Å². The molecule has 0 aromatic heterocycles. The summed E-state index contributed by atoms with van der Waals surface area (Å²) in [5.41, 5.74) is 3.88. The van der Waals surface area contributed by atoms with Gasteiger partial charge in [-0.25, -0.2) is 0 Å². The topological polar surface area (TPSA) is 38.8 Å². The number of hydrogen-bond donors (Lipinski definition) is 0. The Hall–Kier alpha value is -2.33. The highest BCUT2D eigenvalue weighted by atomic mass is 16.5. The third-order valence-corrected chi connectivity index (χ3v) is 4.31. The second-order valence-corrected chi connectivity index (χ2v) is 5.86. The standard InChI is InChI=1S/C19H21NO3/c1-13(12-22-2)14-4-7-16(8-5-14)20-11-15-6-9-17(23-3)10-18(15)19(20)21/h4-10,13H,11-12H2,1-3H3. The van der Waals surface area contributed by atoms with Crippen molar-refractivity contribution in [2.24, 2.45) is 0 Å². The van der Waals surface area contributed by atoms with E-state index in [0.29, 0.717) is 24.8 Å². The number of carbonyl (C=O) groups excluding carboxylic acids is 1. The van der Waals surface area contributed by atoms with Crippen LogP contribution in [0.5, 0.6) is 5.75 Å². The molecule has 2 aromatic rings. The molecule has 1 atom stereocenters. The van der Waals surface area contributed by atoms with Crippen LogP contribution in [0.1, 0.15) is 34.3 Å². The molecular weight excluding hydrogens is 290 g/mol. The van der Waals surface area contributed by atoms with E-state index in [9.17, 15) is 4.79 Å². The molecule has 0 saturated heterocycles. The molecule has 4 heteroatoms. The summed E-state index contributed by atoms with van der Waals surface area (Å²) in [7, 11) is 3.32. The number of carbonyl (C=O) groups is 1. The zero-order valence-corrected chi connectivity index (χ0v) is 13.7. The Bertz CT molecular complexity index is 709. The Morgan fingerprint density at radius 3 is 2.52 bits per heavy atom. The van der Waals surface area contributed by atoms with Crippen LogP contribution in [0.4, 0.5) is 5.69 Å². The number of fused-ring (bicyclic) bond motifs is 1. The summed E-state index contributed by atoms with van der Waals surface area (Å²) >= 11 is 0. The molecule has 0 spiro atoms. The van der Waals surface area contributed by atoms with Gasteiger partial charge in [0, 0.05) is 24.3 Å². The van der Waals surface area contributed by atoms with E-state index in [4.69, 9.17) is 9.47 Å². The Morgan fingerprint density at radius 1 is 1.13 bits per heavy atom. The average Bonchev–Trinajstić information content (AvgIpc) is 2.91. The second kappa shape index (κ2) is 6.42. The first kappa shape index (κ1) is 15.6. The van der Waals surface area contributed by atoms with Crippen molar-refractivity contribution in [1.82, 2.24) is 0 Å². The van der Waals surface area contributed by atoms with Gasteiger partial charge in [-0.2, -0.15) is 0 Å². The van der Waals surface area contributed by atoms with Crippen LogP contribution < -0.4 is 9.64 Å². The molecule has 1 amide bonds. The van der Waals surface area contributed by atoms with Crippen molar-refractivity contribution in [2.45, 2.75) is 19.4 Å². The number of ether oxygens (including phenoxy) is 2. The number of hydrogen-bond acceptors (Lipinski definition) is 3. The van der Waals surface area contributed by atoms with E-state index in [1.807, 2.05) is 30.3 Å². The molecular formula is C19H21NO3. The van der Waals surface area contributed by atoms with Gasteiger partial charge in [-0.15, -0.1) is 0 Å². The summed E-state index contributed by atoms with van der Waals surface area (Å²) in [5.74, 6) is 1.07. The number of methoxy groups -OCH3 is 2. The SMILES string of the molecule is COCC(C)c1ccc(N2Cc3ccc(OC)cc3C2=O)cc1. The van der Waals surface area contributed by atoms with E-state index in [-0.39, 0.29) is 5.91 Å². The zero-order valence-electron chi connectivity index (χ0n) is 13.7. The predicted octanol–water partition coefficient (Wildman–Crippen LogP) is 3.61. The van der Waals surface area contributed by atoms with Gasteiger partial charge in [-0.3, -0.25) is 4.79 Å². The van der Waals surface area contributed by atoms with Crippen LogP contribution in [0.25, 0.3) is 0 Å². The highest BCUT2D eigenvalue weighted by Crippen LogP contribution is 2.31. The number of nitrogens with zero attached hydrogens (tertiary/aromatic N) is 1. The lowest BCUT2D eigenvalue weighted by atomic mass is 10.0. The second-order valence-electron chi connectivity index (χ2n) is 5.86. The minimum absolute atomic E-state index is 0.0246. The maximum Gasteiger partial charge on any atom is 0.259 e. The monoisotopic (exact) mass is 311 g/mol. The normalized spacial score (nSPS) is 14.7. The van der Waals surface area contributed by atoms with Crippen LogP contribution in [0.2, 0.25) is 0 Å². The number of anilines is 1. The Morgan fingerprint density at radius 2 is 1.87 bits per heavy atom. The first-order chi connectivity index (χ1) is 11.1. The quantitative estimate of drug-likeness (QED) is 0.847. The minimum Gasteiger partial charge on any atom is -0.497 e. The van der Waals surface area contributed by atoms with Crippen LogP contribution in [-0.4, -0.2) is 26.7 Å². The summed E-state index contributed by atoms with van der Waals surface area (Å²) in [6, 6.07) is 13.8. The van der Waals surface area contributed by atoms with Crippen LogP contribution >= 0.6 is 0 Å². The first-order valence-electron chi connectivity index (χ1n) is 7.71. The van der Waals surface area contributed by atoms with Crippen LogP contribution in [0, 0.1) is 0 Å². The maximum atomic E-state index is 12.6. The van der Waals surface area contributed by atoms with Crippen molar-refractivity contribution in [3.63, 3.8) is 0 Å². The molecule has 4 nitrogen and oxygen atoms in total. The Labute approximate surface area is 136 Å². The lowest BCUT2D eigenvalue weighted by Gasteiger charge is -2.17. The molecule has 3 rings (SSSR count). The summed E-state index contributed by atoms with van der Waals surface area (Å²) < 4.78 is 10.4. The van der Waals surface area contributed by atoms with Gasteiger partial charge in [0.15, 0.2) is 0 Å². The van der Waals surface area contributed by atoms with Crippen molar-refractivity contribution in [3.05, 3.63) is 59.2 Å². The van der Waals surface area contributed by atoms with Gasteiger partial charge in [0.1, 0.15) is 5.75 Å². The molecule has 23 heavy (non-hydrogen) atoms. The molecule has 0 aliphatic carbocycles. The first-order valence-corrected chi connectivity index (χ1v) is 7.71. The van der Waals surface area contributed by atoms with Crippen molar-refractivity contribution < 1.29 is 14.3 Å². The summed E-state index contributed by atoms with van der Waals surface area (Å²) in [5, 5.41) is 0. The van der Waals surface area contributed by atoms with Gasteiger partial charge in [0.2, 0.25) is 0 Å². The number of amides is 1. The molecule has 0 fully saturated rings. The molecule has 2 aromatic carbocycles. The fraction of sp³-hybridized carbons (Fsp3) is 0.316. The minimum atomic E-state index is 0.0246. The molecule has 1 aliphatic rings. The molecule has 1 unspecified atom stereocenters. The molecule has 0 bridgehead atoms. The Kier molecular flexibility index (Phi) is 4.35. The molecule has 1 aliphatic heterocycles. The molecule has 0 radical (unpaired) electrons. The molecule has 0 saturated carbocycles. The van der Waals surface area contributed by atoms with Gasteiger partial charge in [0.25, 0.3) is 5.91 Å². The third-order valence-electron chi connectivity index (χ3n) is 4.31. The van der Waals surface area contributed by atoms with Crippen molar-refractivity contribution in [2.75, 3.05) is 25.7 Å². The van der Waals surface area contributed by atoms with Crippen molar-refractivity contribution >= 4 is 11.6 Å². The van der Waals surface area contributed by atoms with Gasteiger partial charge < -0.3 is 14.4 Å². The van der Waals surface area contributed by atoms with Gasteiger partial charge >= 0.3 is 0 Å². The maximum absolute atomic E-state index is 12.6. The lowest BCUT2D eigenvalue weighted by molar-refractivity contribution is 0.0996. The van der Waals surface area contributed by atoms with Gasteiger partial charge in [-0.05, 0) is 35.4 Å². The highest BCUT2D eigenvalue weighted by Gasteiger charge is 2.28. The van der Waals surface area contributed by atoms with Crippen LogP contribution in [0.3, 0.4) is 0 Å². The van der Waals surface area contributed by atoms with Gasteiger partial charge in [0.05, 0.1) is 20.3 Å². The van der Waals surface area contributed by atoms with Crippen LogP contribution in [0.15, 0.2) is 42.5 Å². The summed E-state index contributed by atoms with van der Waals surface area (Å²) in [6.45, 7) is 3.42. The summed E-state index contributed by atoms with van der Waals surface area (Å²) in [6.07, 6.45) is 0. The average molecular weight is 311 g/mol. The zero-order chi connectivity index (χ0) is 16.4. The van der Waals surface area contributed by atoms with Crippen molar-refractivity contribution in [3.8, 4) is 5.75 Å². The fourth-order valence-corrected chi connectivity index (χ4v) is 2.94. The largest absolute Gasteiger partial charge is 0.497 e. The number of benzene rings is 2. The van der Waals surface area contributed by atoms with E-state index in [1.165, 1.54) is 5.56 Å². The fourth-order valence-electron chi connectivity index (χ4n) is 2.94. The van der Waals surface area contributed by atoms with Gasteiger partial charge in [-0.1, -0.05) is 25.1 Å². The molecule has 1 heterocycles. The highest BCUT2D eigenvalue weighted by molar-refractivity contribution is 6.10. The molecule has 0 N–H and O–H groups in total. The van der Waals surface area contributed by atoms with E-state index < -0.39 is 0 Å². The van der Waals surface area contributed by atoms with E-state index in [1.54, 1.807) is 19.1 Å². The molecule has 120 valence electrons. The van der Waals surface area contributed by atoms with Crippen LogP contribution in [-0.2, 0) is 11.3 Å². The predicted molar refractivity (Wildman–Crippen MR) is 90.2 cm³/mol.